The zero-order valence-electron chi connectivity index (χ0n) is 9.27. The Hall–Kier alpha value is -0.0800. The Balaban J connectivity index is 2.07. The fourth-order valence-electron chi connectivity index (χ4n) is 1.99. The summed E-state index contributed by atoms with van der Waals surface area (Å²) in [5.74, 6) is 0.920. The molecule has 1 saturated carbocycles. The largest absolute Gasteiger partial charge is 0.326 e. The van der Waals surface area contributed by atoms with Gasteiger partial charge in [-0.3, -0.25) is 0 Å². The van der Waals surface area contributed by atoms with E-state index in [2.05, 4.69) is 26.1 Å². The quantitative estimate of drug-likeness (QED) is 0.700. The van der Waals surface area contributed by atoms with E-state index in [0.29, 0.717) is 0 Å². The maximum absolute atomic E-state index is 5.91. The van der Waals surface area contributed by atoms with Crippen molar-refractivity contribution < 1.29 is 0 Å². The molecule has 2 heteroatoms. The molecule has 0 aromatic heterocycles. The first-order valence-electron chi connectivity index (χ1n) is 5.49. The van der Waals surface area contributed by atoms with Crippen molar-refractivity contribution >= 4 is 0 Å². The first-order chi connectivity index (χ1) is 5.97. The molecule has 0 aliphatic heterocycles. The first kappa shape index (κ1) is 11.0. The second-order valence-corrected chi connectivity index (χ2v) is 5.31. The number of nitrogens with two attached hydrogens (primary N) is 1. The summed E-state index contributed by atoms with van der Waals surface area (Å²) in [4.78, 5) is 0. The number of hydrogen-bond donors (Lipinski definition) is 2. The summed E-state index contributed by atoms with van der Waals surface area (Å²) < 4.78 is 0. The molecule has 2 unspecified atom stereocenters. The maximum atomic E-state index is 5.91. The second-order valence-electron chi connectivity index (χ2n) is 5.31. The van der Waals surface area contributed by atoms with Crippen LogP contribution in [0.25, 0.3) is 0 Å². The first-order valence-corrected chi connectivity index (χ1v) is 5.49. The predicted octanol–water partition coefficient (Wildman–Crippen LogP) is 1.89. The van der Waals surface area contributed by atoms with Crippen molar-refractivity contribution in [2.24, 2.45) is 11.7 Å². The van der Waals surface area contributed by atoms with Crippen LogP contribution >= 0.6 is 0 Å². The summed E-state index contributed by atoms with van der Waals surface area (Å²) in [7, 11) is 0. The summed E-state index contributed by atoms with van der Waals surface area (Å²) >= 11 is 0. The van der Waals surface area contributed by atoms with Gasteiger partial charge in [0.2, 0.25) is 0 Å². The molecule has 1 aliphatic rings. The number of hydrogen-bond acceptors (Lipinski definition) is 2. The molecule has 1 aliphatic carbocycles. The molecule has 0 radical (unpaired) electrons. The third-order valence-corrected chi connectivity index (χ3v) is 2.90. The third kappa shape index (κ3) is 4.63. The highest BCUT2D eigenvalue weighted by molar-refractivity contribution is 4.80. The fraction of sp³-hybridized carbons (Fsp3) is 1.00. The highest BCUT2D eigenvalue weighted by Gasteiger charge is 2.21. The highest BCUT2D eigenvalue weighted by Crippen LogP contribution is 2.24. The topological polar surface area (TPSA) is 38.0 Å². The van der Waals surface area contributed by atoms with Gasteiger partial charge < -0.3 is 11.1 Å². The van der Waals surface area contributed by atoms with E-state index >= 15 is 0 Å². The lowest BCUT2D eigenvalue weighted by molar-refractivity contribution is 0.421. The van der Waals surface area contributed by atoms with E-state index in [9.17, 15) is 0 Å². The number of nitrogens with one attached hydrogen (secondary N) is 1. The van der Waals surface area contributed by atoms with Crippen LogP contribution in [-0.4, -0.2) is 18.1 Å². The van der Waals surface area contributed by atoms with Crippen LogP contribution < -0.4 is 11.1 Å². The molecule has 0 amide bonds. The Labute approximate surface area is 82.3 Å². The van der Waals surface area contributed by atoms with Gasteiger partial charge in [0.15, 0.2) is 0 Å². The van der Waals surface area contributed by atoms with Crippen molar-refractivity contribution in [2.45, 2.75) is 58.0 Å². The smallest absolute Gasteiger partial charge is 0.0109 e. The molecule has 0 heterocycles. The van der Waals surface area contributed by atoms with E-state index in [1.165, 1.54) is 19.3 Å². The SMILES string of the molecule is CC1CCC(NCCC(C)(C)N)C1. The molecule has 13 heavy (non-hydrogen) atoms. The van der Waals surface area contributed by atoms with Crippen LogP contribution in [0, 0.1) is 5.92 Å². The van der Waals surface area contributed by atoms with Crippen LogP contribution in [0.1, 0.15) is 46.5 Å². The average molecular weight is 184 g/mol. The van der Waals surface area contributed by atoms with E-state index in [4.69, 9.17) is 5.73 Å². The van der Waals surface area contributed by atoms with Gasteiger partial charge in [0.05, 0.1) is 0 Å². The van der Waals surface area contributed by atoms with E-state index in [-0.39, 0.29) is 5.54 Å². The molecule has 0 bridgehead atoms. The molecule has 0 saturated heterocycles. The lowest BCUT2D eigenvalue weighted by Gasteiger charge is -2.20. The van der Waals surface area contributed by atoms with Crippen LogP contribution in [0.15, 0.2) is 0 Å². The van der Waals surface area contributed by atoms with Crippen LogP contribution in [0.3, 0.4) is 0 Å². The van der Waals surface area contributed by atoms with Crippen molar-refractivity contribution in [1.29, 1.82) is 0 Å². The summed E-state index contributed by atoms with van der Waals surface area (Å²) in [5.41, 5.74) is 5.89. The van der Waals surface area contributed by atoms with Gasteiger partial charge in [0.25, 0.3) is 0 Å². The van der Waals surface area contributed by atoms with Gasteiger partial charge in [-0.1, -0.05) is 6.92 Å². The van der Waals surface area contributed by atoms with E-state index in [1.807, 2.05) is 0 Å². The van der Waals surface area contributed by atoms with Crippen molar-refractivity contribution in [1.82, 2.24) is 5.32 Å². The zero-order valence-corrected chi connectivity index (χ0v) is 9.27. The van der Waals surface area contributed by atoms with Crippen molar-refractivity contribution in [3.8, 4) is 0 Å². The summed E-state index contributed by atoms with van der Waals surface area (Å²) in [6.07, 6.45) is 5.17. The normalized spacial score (nSPS) is 29.5. The number of rotatable bonds is 4. The van der Waals surface area contributed by atoms with E-state index in [1.54, 1.807) is 0 Å². The van der Waals surface area contributed by atoms with Crippen LogP contribution in [0.2, 0.25) is 0 Å². The van der Waals surface area contributed by atoms with Crippen molar-refractivity contribution in [3.05, 3.63) is 0 Å². The van der Waals surface area contributed by atoms with E-state index in [0.717, 1.165) is 24.9 Å². The molecular weight excluding hydrogens is 160 g/mol. The molecule has 1 rings (SSSR count). The Morgan fingerprint density at radius 3 is 2.54 bits per heavy atom. The van der Waals surface area contributed by atoms with E-state index < -0.39 is 0 Å². The van der Waals surface area contributed by atoms with Crippen molar-refractivity contribution in [2.75, 3.05) is 6.54 Å². The lowest BCUT2D eigenvalue weighted by atomic mass is 10.0. The zero-order chi connectivity index (χ0) is 9.90. The minimum atomic E-state index is -0.0166. The Kier molecular flexibility index (Phi) is 3.74. The second kappa shape index (κ2) is 4.43. The predicted molar refractivity (Wildman–Crippen MR) is 57.7 cm³/mol. The monoisotopic (exact) mass is 184 g/mol. The van der Waals surface area contributed by atoms with Gasteiger partial charge in [0.1, 0.15) is 0 Å². The van der Waals surface area contributed by atoms with Crippen LogP contribution in [-0.2, 0) is 0 Å². The van der Waals surface area contributed by atoms with Gasteiger partial charge in [-0.15, -0.1) is 0 Å². The molecular formula is C11H24N2. The minimum absolute atomic E-state index is 0.0166. The van der Waals surface area contributed by atoms with Gasteiger partial charge >= 0.3 is 0 Å². The van der Waals surface area contributed by atoms with Gasteiger partial charge in [-0.2, -0.15) is 0 Å². The van der Waals surface area contributed by atoms with Crippen molar-refractivity contribution in [3.63, 3.8) is 0 Å². The van der Waals surface area contributed by atoms with Crippen LogP contribution in [0.5, 0.6) is 0 Å². The van der Waals surface area contributed by atoms with Gasteiger partial charge in [-0.25, -0.2) is 0 Å². The molecule has 2 atom stereocenters. The molecule has 3 N–H and O–H groups in total. The Morgan fingerprint density at radius 1 is 1.38 bits per heavy atom. The lowest BCUT2D eigenvalue weighted by Crippen LogP contribution is -2.38. The Morgan fingerprint density at radius 2 is 2.08 bits per heavy atom. The molecule has 0 aromatic rings. The van der Waals surface area contributed by atoms with Gasteiger partial charge in [-0.05, 0) is 52.0 Å². The summed E-state index contributed by atoms with van der Waals surface area (Å²) in [6, 6.07) is 0.761. The maximum Gasteiger partial charge on any atom is 0.0109 e. The summed E-state index contributed by atoms with van der Waals surface area (Å²) in [5, 5.41) is 3.59. The molecule has 0 aromatic carbocycles. The molecule has 0 spiro atoms. The minimum Gasteiger partial charge on any atom is -0.326 e. The van der Waals surface area contributed by atoms with Gasteiger partial charge in [0, 0.05) is 11.6 Å². The highest BCUT2D eigenvalue weighted by atomic mass is 14.9. The Bertz CT molecular complexity index is 149. The third-order valence-electron chi connectivity index (χ3n) is 2.90. The average Bonchev–Trinajstić information content (AvgIpc) is 2.33. The van der Waals surface area contributed by atoms with Crippen LogP contribution in [0.4, 0.5) is 0 Å². The molecule has 2 nitrogen and oxygen atoms in total. The molecule has 78 valence electrons. The molecule has 1 fully saturated rings. The fourth-order valence-corrected chi connectivity index (χ4v) is 1.99. The summed E-state index contributed by atoms with van der Waals surface area (Å²) in [6.45, 7) is 7.59. The standard InChI is InChI=1S/C11H24N2/c1-9-4-5-10(8-9)13-7-6-11(2,3)12/h9-10,13H,4-8,12H2,1-3H3.